The third-order valence-corrected chi connectivity index (χ3v) is 2.03. The van der Waals surface area contributed by atoms with Crippen LogP contribution < -0.4 is 10.1 Å². The van der Waals surface area contributed by atoms with Gasteiger partial charge in [-0.25, -0.2) is 4.79 Å². The lowest BCUT2D eigenvalue weighted by Gasteiger charge is -2.06. The number of hydrogen-bond donors (Lipinski definition) is 1. The van der Waals surface area contributed by atoms with E-state index in [1.54, 1.807) is 0 Å². The van der Waals surface area contributed by atoms with Crippen molar-refractivity contribution in [1.29, 1.82) is 0 Å². The van der Waals surface area contributed by atoms with Crippen molar-refractivity contribution in [3.8, 4) is 18.1 Å². The van der Waals surface area contributed by atoms with Crippen LogP contribution in [0.1, 0.15) is 5.56 Å². The second kappa shape index (κ2) is 7.38. The average Bonchev–Trinajstić information content (AvgIpc) is 2.44. The van der Waals surface area contributed by atoms with Crippen LogP contribution in [0.25, 0.3) is 0 Å². The molecule has 1 N–H and O–H groups in total. The summed E-state index contributed by atoms with van der Waals surface area (Å²) in [6.45, 7) is -0.0446. The Bertz CT molecular complexity index is 577. The molecule has 0 radical (unpaired) electrons. The number of ether oxygens (including phenoxy) is 1. The molecule has 104 valence electrons. The zero-order valence-electron chi connectivity index (χ0n) is 10.5. The molecule has 20 heavy (non-hydrogen) atoms. The first-order valence-corrected chi connectivity index (χ1v) is 5.36. The van der Waals surface area contributed by atoms with Crippen molar-refractivity contribution >= 4 is 18.0 Å². The quantitative estimate of drug-likeness (QED) is 0.287. The number of nitrogens with one attached hydrogen (secondary N) is 1. The van der Waals surface area contributed by atoms with Gasteiger partial charge < -0.3 is 14.9 Å². The fraction of sp³-hybridized carbons (Fsp3) is 0.167. The van der Waals surface area contributed by atoms with Gasteiger partial charge in [0, 0.05) is 18.7 Å². The Balaban J connectivity index is 3.12. The van der Waals surface area contributed by atoms with Gasteiger partial charge in [0.15, 0.2) is 6.61 Å². The highest BCUT2D eigenvalue weighted by molar-refractivity contribution is 5.87. The van der Waals surface area contributed by atoms with Crippen molar-refractivity contribution < 1.29 is 19.3 Å². The van der Waals surface area contributed by atoms with Gasteiger partial charge in [0.05, 0.1) is 11.1 Å². The number of rotatable bonds is 5. The van der Waals surface area contributed by atoms with Crippen LogP contribution in [-0.4, -0.2) is 30.9 Å². The summed E-state index contributed by atoms with van der Waals surface area (Å²) in [6.07, 6.45) is 5.30. The van der Waals surface area contributed by atoms with E-state index in [-0.39, 0.29) is 23.6 Å². The van der Waals surface area contributed by atoms with Gasteiger partial charge in [0.2, 0.25) is 5.75 Å². The number of carbonyl (C=O) groups is 1. The number of benzene rings is 1. The lowest BCUT2D eigenvalue weighted by Crippen LogP contribution is -2.23. The van der Waals surface area contributed by atoms with Crippen LogP contribution >= 0.6 is 0 Å². The van der Waals surface area contributed by atoms with Gasteiger partial charge in [-0.2, -0.15) is 0 Å². The van der Waals surface area contributed by atoms with Gasteiger partial charge in [-0.05, 0) is 6.07 Å². The zero-order valence-corrected chi connectivity index (χ0v) is 10.5. The Morgan fingerprint density at radius 3 is 3.00 bits per heavy atom. The monoisotopic (exact) mass is 277 g/mol. The number of nitro groups is 1. The van der Waals surface area contributed by atoms with Gasteiger partial charge in [-0.3, -0.25) is 10.1 Å². The van der Waals surface area contributed by atoms with Crippen LogP contribution in [0, 0.1) is 22.5 Å². The molecule has 0 aliphatic rings. The molecule has 0 atom stereocenters. The van der Waals surface area contributed by atoms with Gasteiger partial charge >= 0.3 is 11.8 Å². The fourth-order valence-electron chi connectivity index (χ4n) is 1.21. The maximum atomic E-state index is 11.2. The fourth-order valence-corrected chi connectivity index (χ4v) is 1.21. The van der Waals surface area contributed by atoms with E-state index in [1.807, 2.05) is 0 Å². The van der Waals surface area contributed by atoms with Crippen molar-refractivity contribution in [3.05, 3.63) is 33.9 Å². The van der Waals surface area contributed by atoms with Gasteiger partial charge in [0.1, 0.15) is 0 Å². The maximum absolute atomic E-state index is 11.2. The molecular weight excluding hydrogens is 266 g/mol. The number of nitrogens with zero attached hydrogens (tertiary/aromatic N) is 2. The van der Waals surface area contributed by atoms with Crippen molar-refractivity contribution in [2.45, 2.75) is 0 Å². The molecule has 1 aromatic carbocycles. The molecule has 0 fully saturated rings. The van der Waals surface area contributed by atoms with E-state index in [0.717, 1.165) is 0 Å². The summed E-state index contributed by atoms with van der Waals surface area (Å²) in [4.78, 5) is 26.2. The molecule has 0 aliphatic carbocycles. The van der Waals surface area contributed by atoms with Crippen LogP contribution in [0.15, 0.2) is 23.4 Å². The van der Waals surface area contributed by atoms with E-state index >= 15 is 0 Å². The number of carbonyl (C=O) groups excluding carboxylic acids is 1. The number of amides is 1. The Kier molecular flexibility index (Phi) is 5.52. The molecule has 8 heteroatoms. The van der Waals surface area contributed by atoms with E-state index < -0.39 is 11.0 Å². The van der Waals surface area contributed by atoms with Gasteiger partial charge in [-0.1, -0.05) is 17.1 Å². The van der Waals surface area contributed by atoms with Gasteiger partial charge in [0.25, 0.3) is 0 Å². The second-order valence-electron chi connectivity index (χ2n) is 3.30. The summed E-state index contributed by atoms with van der Waals surface area (Å²) in [5, 5.41) is 16.6. The molecule has 0 aliphatic heterocycles. The smallest absolute Gasteiger partial charge is 0.402 e. The Morgan fingerprint density at radius 1 is 1.65 bits per heavy atom. The highest BCUT2D eigenvalue weighted by atomic mass is 16.6. The molecule has 0 unspecified atom stereocenters. The van der Waals surface area contributed by atoms with E-state index in [0.29, 0.717) is 0 Å². The van der Waals surface area contributed by atoms with Crippen molar-refractivity contribution in [2.24, 2.45) is 5.16 Å². The molecule has 1 amide bonds. The summed E-state index contributed by atoms with van der Waals surface area (Å²) < 4.78 is 4.87. The summed E-state index contributed by atoms with van der Waals surface area (Å²) in [7, 11) is 1.33. The standard InChI is InChI=1S/C12H11N3O5/c1-3-7-19-14-8-9-5-4-6-10(15(17)18)11(9)20-12(16)13-2/h1,4-6,8H,7H2,2H3,(H,13,16). The van der Waals surface area contributed by atoms with Crippen molar-refractivity contribution in [3.63, 3.8) is 0 Å². The van der Waals surface area contributed by atoms with Gasteiger partial charge in [-0.15, -0.1) is 6.42 Å². The van der Waals surface area contributed by atoms with Crippen molar-refractivity contribution in [1.82, 2.24) is 5.32 Å². The number of hydrogen-bond acceptors (Lipinski definition) is 6. The first-order valence-electron chi connectivity index (χ1n) is 5.36. The maximum Gasteiger partial charge on any atom is 0.412 e. The summed E-state index contributed by atoms with van der Waals surface area (Å²) in [5.74, 6) is 1.97. The number of terminal acetylenes is 1. The van der Waals surface area contributed by atoms with Crippen LogP contribution in [0.5, 0.6) is 5.75 Å². The molecule has 0 saturated carbocycles. The first kappa shape index (κ1) is 15.0. The number of oxime groups is 1. The lowest BCUT2D eigenvalue weighted by atomic mass is 10.2. The molecule has 1 rings (SSSR count). The number of para-hydroxylation sites is 1. The molecule has 1 aromatic rings. The Morgan fingerprint density at radius 2 is 2.40 bits per heavy atom. The largest absolute Gasteiger partial charge is 0.412 e. The molecule has 0 saturated heterocycles. The highest BCUT2D eigenvalue weighted by Crippen LogP contribution is 2.30. The van der Waals surface area contributed by atoms with Crippen molar-refractivity contribution in [2.75, 3.05) is 13.7 Å². The number of nitro benzene ring substituents is 1. The molecule has 0 spiro atoms. The van der Waals surface area contributed by atoms with E-state index in [2.05, 4.69) is 21.2 Å². The highest BCUT2D eigenvalue weighted by Gasteiger charge is 2.20. The second-order valence-corrected chi connectivity index (χ2v) is 3.30. The van der Waals surface area contributed by atoms with E-state index in [1.165, 1.54) is 31.5 Å². The topological polar surface area (TPSA) is 103 Å². The lowest BCUT2D eigenvalue weighted by molar-refractivity contribution is -0.385. The molecule has 8 nitrogen and oxygen atoms in total. The molecular formula is C12H11N3O5. The van der Waals surface area contributed by atoms with E-state index in [9.17, 15) is 14.9 Å². The molecule has 0 heterocycles. The van der Waals surface area contributed by atoms with Crippen LogP contribution in [-0.2, 0) is 4.84 Å². The molecule has 0 aromatic heterocycles. The van der Waals surface area contributed by atoms with Crippen LogP contribution in [0.4, 0.5) is 10.5 Å². The molecule has 0 bridgehead atoms. The van der Waals surface area contributed by atoms with Crippen LogP contribution in [0.3, 0.4) is 0 Å². The summed E-state index contributed by atoms with van der Waals surface area (Å²) in [6, 6.07) is 4.11. The third kappa shape index (κ3) is 3.99. The predicted octanol–water partition coefficient (Wildman–Crippen LogP) is 1.30. The Hall–Kier alpha value is -3.08. The third-order valence-electron chi connectivity index (χ3n) is 2.03. The summed E-state index contributed by atoms with van der Waals surface area (Å²) >= 11 is 0. The minimum absolute atomic E-state index is 0.0446. The first-order chi connectivity index (χ1) is 9.60. The minimum Gasteiger partial charge on any atom is -0.402 e. The SMILES string of the molecule is C#CCON=Cc1cccc([N+](=O)[O-])c1OC(=O)NC. The minimum atomic E-state index is -0.835. The zero-order chi connectivity index (χ0) is 15.0. The van der Waals surface area contributed by atoms with Crippen LogP contribution in [0.2, 0.25) is 0 Å². The Labute approximate surface area is 114 Å². The summed E-state index contributed by atoms with van der Waals surface area (Å²) in [5.41, 5.74) is -0.158. The normalized spacial score (nSPS) is 9.80. The van der Waals surface area contributed by atoms with E-state index in [4.69, 9.17) is 11.2 Å². The predicted molar refractivity (Wildman–Crippen MR) is 70.6 cm³/mol. The average molecular weight is 277 g/mol.